The highest BCUT2D eigenvalue weighted by Crippen LogP contribution is 2.49. The van der Waals surface area contributed by atoms with Crippen LogP contribution in [0.15, 0.2) is 24.3 Å². The molecule has 0 aromatic heterocycles. The first-order chi connectivity index (χ1) is 8.57. The van der Waals surface area contributed by atoms with Crippen molar-refractivity contribution in [3.63, 3.8) is 0 Å². The van der Waals surface area contributed by atoms with E-state index in [0.717, 1.165) is 5.56 Å². The molecule has 0 spiro atoms. The van der Waals surface area contributed by atoms with Gasteiger partial charge in [0.25, 0.3) is 0 Å². The van der Waals surface area contributed by atoms with Crippen molar-refractivity contribution in [3.05, 3.63) is 35.4 Å². The Morgan fingerprint density at radius 3 is 1.68 bits per heavy atom. The van der Waals surface area contributed by atoms with Crippen molar-refractivity contribution in [2.45, 2.75) is 30.5 Å². The molecule has 1 atom stereocenters. The van der Waals surface area contributed by atoms with Crippen molar-refractivity contribution in [2.24, 2.45) is 5.92 Å². The second kappa shape index (κ2) is 5.73. The summed E-state index contributed by atoms with van der Waals surface area (Å²) in [6.45, 7) is 1.84. The number of hydrogen-bond donors (Lipinski definition) is 0. The first-order valence-corrected chi connectivity index (χ1v) is 6.35. The van der Waals surface area contributed by atoms with Gasteiger partial charge in [-0.2, -0.15) is 26.3 Å². The molecule has 0 saturated heterocycles. The van der Waals surface area contributed by atoms with Gasteiger partial charge in [0, 0.05) is 0 Å². The van der Waals surface area contributed by atoms with E-state index in [0.29, 0.717) is 6.42 Å². The lowest BCUT2D eigenvalue weighted by atomic mass is 9.97. The molecule has 0 aliphatic carbocycles. The van der Waals surface area contributed by atoms with E-state index in [-0.39, 0.29) is 5.56 Å². The molecule has 0 bridgehead atoms. The van der Waals surface area contributed by atoms with Gasteiger partial charge in [0.05, 0.1) is 4.83 Å². The molecule has 0 amide bonds. The zero-order chi connectivity index (χ0) is 14.8. The minimum atomic E-state index is -5.35. The van der Waals surface area contributed by atoms with E-state index in [2.05, 4.69) is 15.9 Å². The van der Waals surface area contributed by atoms with Crippen LogP contribution in [0.4, 0.5) is 26.3 Å². The first-order valence-electron chi connectivity index (χ1n) is 5.43. The Bertz CT molecular complexity index is 392. The highest BCUT2D eigenvalue weighted by molar-refractivity contribution is 9.09. The number of halogens is 7. The molecular weight excluding hydrogens is 338 g/mol. The van der Waals surface area contributed by atoms with Crippen LogP contribution in [0, 0.1) is 5.92 Å². The maximum atomic E-state index is 12.5. The van der Waals surface area contributed by atoms with Crippen LogP contribution >= 0.6 is 15.9 Å². The van der Waals surface area contributed by atoms with E-state index >= 15 is 0 Å². The van der Waals surface area contributed by atoms with E-state index in [1.807, 2.05) is 6.92 Å². The van der Waals surface area contributed by atoms with Gasteiger partial charge >= 0.3 is 12.4 Å². The Kier molecular flexibility index (Phi) is 4.92. The first kappa shape index (κ1) is 16.3. The summed E-state index contributed by atoms with van der Waals surface area (Å²) in [6, 6.07) is 5.60. The second-order valence-electron chi connectivity index (χ2n) is 4.06. The van der Waals surface area contributed by atoms with Crippen molar-refractivity contribution in [3.8, 4) is 0 Å². The summed E-state index contributed by atoms with van der Waals surface area (Å²) in [5.41, 5.74) is 0.802. The number of alkyl halides is 7. The van der Waals surface area contributed by atoms with Crippen molar-refractivity contribution < 1.29 is 26.3 Å². The highest BCUT2D eigenvalue weighted by Gasteiger charge is 2.59. The number of rotatable bonds is 3. The standard InChI is InChI=1S/C12H11BrF6/c1-2-7-3-5-8(6-4-7)9(13)10(11(14,15)16)12(17,18)19/h3-6,9-10H,2H2,1H3. The van der Waals surface area contributed by atoms with Gasteiger partial charge in [-0.05, 0) is 17.5 Å². The van der Waals surface area contributed by atoms with Gasteiger partial charge in [-0.15, -0.1) is 0 Å². The molecule has 108 valence electrons. The molecule has 1 aromatic carbocycles. The van der Waals surface area contributed by atoms with Gasteiger partial charge in [0.15, 0.2) is 5.92 Å². The topological polar surface area (TPSA) is 0 Å². The van der Waals surface area contributed by atoms with Crippen LogP contribution in [-0.2, 0) is 6.42 Å². The minimum Gasteiger partial charge on any atom is -0.170 e. The Balaban J connectivity index is 3.09. The Morgan fingerprint density at radius 2 is 1.37 bits per heavy atom. The summed E-state index contributed by atoms with van der Waals surface area (Å²) in [7, 11) is 0. The molecule has 0 heterocycles. The zero-order valence-electron chi connectivity index (χ0n) is 9.82. The molecule has 0 aliphatic heterocycles. The van der Waals surface area contributed by atoms with Crippen molar-refractivity contribution in [1.82, 2.24) is 0 Å². The second-order valence-corrected chi connectivity index (χ2v) is 5.04. The van der Waals surface area contributed by atoms with Crippen molar-refractivity contribution >= 4 is 15.9 Å². The van der Waals surface area contributed by atoms with Gasteiger partial charge in [-0.3, -0.25) is 0 Å². The average molecular weight is 349 g/mol. The Labute approximate surface area is 114 Å². The maximum Gasteiger partial charge on any atom is 0.401 e. The van der Waals surface area contributed by atoms with E-state index < -0.39 is 23.1 Å². The smallest absolute Gasteiger partial charge is 0.170 e. The van der Waals surface area contributed by atoms with Crippen molar-refractivity contribution in [2.75, 3.05) is 0 Å². The Morgan fingerprint density at radius 1 is 0.947 bits per heavy atom. The lowest BCUT2D eigenvalue weighted by Crippen LogP contribution is -2.39. The summed E-state index contributed by atoms with van der Waals surface area (Å²) >= 11 is 2.53. The quantitative estimate of drug-likeness (QED) is 0.505. The zero-order valence-corrected chi connectivity index (χ0v) is 11.4. The van der Waals surface area contributed by atoms with E-state index in [1.54, 1.807) is 0 Å². The summed E-state index contributed by atoms with van der Waals surface area (Å²) in [6.07, 6.45) is -10.0. The van der Waals surface area contributed by atoms with Gasteiger partial charge in [0.1, 0.15) is 0 Å². The van der Waals surface area contributed by atoms with Crippen LogP contribution in [0.1, 0.15) is 22.9 Å². The summed E-state index contributed by atoms with van der Waals surface area (Å²) in [5, 5.41) is 0. The molecule has 7 heteroatoms. The van der Waals surface area contributed by atoms with Gasteiger partial charge in [-0.1, -0.05) is 47.1 Å². The lowest BCUT2D eigenvalue weighted by molar-refractivity contribution is -0.283. The van der Waals surface area contributed by atoms with Gasteiger partial charge in [-0.25, -0.2) is 0 Å². The number of benzene rings is 1. The lowest BCUT2D eigenvalue weighted by Gasteiger charge is -2.27. The molecule has 0 saturated carbocycles. The Hall–Kier alpha value is -0.720. The van der Waals surface area contributed by atoms with Crippen LogP contribution in [0.5, 0.6) is 0 Å². The molecule has 0 nitrogen and oxygen atoms in total. The molecule has 1 unspecified atom stereocenters. The average Bonchev–Trinajstić information content (AvgIpc) is 2.25. The number of aryl methyl sites for hydroxylation is 1. The van der Waals surface area contributed by atoms with Crippen LogP contribution in [0.3, 0.4) is 0 Å². The molecule has 0 fully saturated rings. The van der Waals surface area contributed by atoms with Crippen LogP contribution < -0.4 is 0 Å². The normalized spacial score (nSPS) is 14.8. The van der Waals surface area contributed by atoms with Gasteiger partial charge in [0.2, 0.25) is 0 Å². The van der Waals surface area contributed by atoms with E-state index in [4.69, 9.17) is 0 Å². The molecular formula is C12H11BrF6. The fourth-order valence-electron chi connectivity index (χ4n) is 1.65. The maximum absolute atomic E-state index is 12.5. The fourth-order valence-corrected chi connectivity index (χ4v) is 2.55. The largest absolute Gasteiger partial charge is 0.401 e. The van der Waals surface area contributed by atoms with Gasteiger partial charge < -0.3 is 0 Å². The molecule has 0 radical (unpaired) electrons. The summed E-state index contributed by atoms with van der Waals surface area (Å²) in [5.74, 6) is -3.42. The van der Waals surface area contributed by atoms with Crippen LogP contribution in [0.2, 0.25) is 0 Å². The molecule has 1 aromatic rings. The molecule has 0 N–H and O–H groups in total. The monoisotopic (exact) mass is 348 g/mol. The number of hydrogen-bond acceptors (Lipinski definition) is 0. The van der Waals surface area contributed by atoms with E-state index in [1.165, 1.54) is 24.3 Å². The third kappa shape index (κ3) is 4.12. The third-order valence-electron chi connectivity index (χ3n) is 2.70. The summed E-state index contributed by atoms with van der Waals surface area (Å²) < 4.78 is 75.3. The van der Waals surface area contributed by atoms with Crippen molar-refractivity contribution in [1.29, 1.82) is 0 Å². The van der Waals surface area contributed by atoms with E-state index in [9.17, 15) is 26.3 Å². The summed E-state index contributed by atoms with van der Waals surface area (Å²) in [4.78, 5) is -1.85. The predicted molar refractivity (Wildman–Crippen MR) is 63.1 cm³/mol. The molecule has 1 rings (SSSR count). The van der Waals surface area contributed by atoms with Crippen LogP contribution in [-0.4, -0.2) is 12.4 Å². The molecule has 0 aliphatic rings. The minimum absolute atomic E-state index is 0.0446. The van der Waals surface area contributed by atoms with Crippen LogP contribution in [0.25, 0.3) is 0 Å². The predicted octanol–water partition coefficient (Wildman–Crippen LogP) is 5.43. The fraction of sp³-hybridized carbons (Fsp3) is 0.500. The molecule has 19 heavy (non-hydrogen) atoms. The third-order valence-corrected chi connectivity index (χ3v) is 3.76. The SMILES string of the molecule is CCc1ccc(C(Br)C(C(F)(F)F)C(F)(F)F)cc1. The highest BCUT2D eigenvalue weighted by atomic mass is 79.9.